The van der Waals surface area contributed by atoms with E-state index in [0.717, 1.165) is 24.5 Å². The van der Waals surface area contributed by atoms with Crippen LogP contribution < -0.4 is 0 Å². The Bertz CT molecular complexity index is 324. The Hall–Kier alpha value is -0.670. The molecule has 3 nitrogen and oxygen atoms in total. The number of rotatable bonds is 0. The second-order valence-electron chi connectivity index (χ2n) is 3.18. The van der Waals surface area contributed by atoms with Crippen LogP contribution in [0.4, 0.5) is 0 Å². The van der Waals surface area contributed by atoms with Gasteiger partial charge in [0.05, 0.1) is 5.69 Å². The van der Waals surface area contributed by atoms with Crippen molar-refractivity contribution in [3.05, 3.63) is 22.2 Å². The van der Waals surface area contributed by atoms with Crippen LogP contribution in [0.1, 0.15) is 17.0 Å². The van der Waals surface area contributed by atoms with Crippen LogP contribution in [0.5, 0.6) is 0 Å². The molecule has 2 rings (SSSR count). The molecule has 1 aliphatic rings. The number of fused-ring (bicyclic) bond motifs is 1. The standard InChI is InChI=1S/C8H10ClN3/c1-5-6-3-12(2)4-7(6)11-8(9)10-5/h3-4H2,1-2H3. The summed E-state index contributed by atoms with van der Waals surface area (Å²) in [5, 5.41) is 0.363. The van der Waals surface area contributed by atoms with E-state index in [1.54, 1.807) is 0 Å². The molecule has 1 aromatic heterocycles. The average Bonchev–Trinajstić information content (AvgIpc) is 2.29. The number of halogens is 1. The van der Waals surface area contributed by atoms with Gasteiger partial charge >= 0.3 is 0 Å². The van der Waals surface area contributed by atoms with Crippen LogP contribution in [0.25, 0.3) is 0 Å². The van der Waals surface area contributed by atoms with Crippen molar-refractivity contribution in [3.63, 3.8) is 0 Å². The molecule has 1 aromatic rings. The maximum absolute atomic E-state index is 5.74. The Morgan fingerprint density at radius 2 is 2.08 bits per heavy atom. The third kappa shape index (κ3) is 1.19. The van der Waals surface area contributed by atoms with Gasteiger partial charge in [-0.25, -0.2) is 9.97 Å². The highest BCUT2D eigenvalue weighted by Gasteiger charge is 2.20. The van der Waals surface area contributed by atoms with Crippen LogP contribution in [-0.4, -0.2) is 21.9 Å². The fourth-order valence-corrected chi connectivity index (χ4v) is 1.77. The van der Waals surface area contributed by atoms with Gasteiger partial charge in [-0.3, -0.25) is 4.90 Å². The van der Waals surface area contributed by atoms with E-state index in [2.05, 4.69) is 21.9 Å². The van der Waals surface area contributed by atoms with Gasteiger partial charge < -0.3 is 0 Å². The van der Waals surface area contributed by atoms with Gasteiger partial charge in [-0.15, -0.1) is 0 Å². The van der Waals surface area contributed by atoms with Gasteiger partial charge in [-0.2, -0.15) is 0 Å². The van der Waals surface area contributed by atoms with Crippen molar-refractivity contribution in [3.8, 4) is 0 Å². The molecule has 0 radical (unpaired) electrons. The maximum atomic E-state index is 5.74. The summed E-state index contributed by atoms with van der Waals surface area (Å²) in [4.78, 5) is 10.5. The molecule has 12 heavy (non-hydrogen) atoms. The summed E-state index contributed by atoms with van der Waals surface area (Å²) in [6.45, 7) is 3.81. The van der Waals surface area contributed by atoms with Gasteiger partial charge in [-0.1, -0.05) is 0 Å². The molecule has 0 bridgehead atoms. The van der Waals surface area contributed by atoms with Crippen molar-refractivity contribution in [1.82, 2.24) is 14.9 Å². The third-order valence-corrected chi connectivity index (χ3v) is 2.29. The first-order valence-electron chi connectivity index (χ1n) is 3.87. The van der Waals surface area contributed by atoms with Crippen LogP contribution in [0.3, 0.4) is 0 Å². The Morgan fingerprint density at radius 1 is 1.33 bits per heavy atom. The van der Waals surface area contributed by atoms with Crippen molar-refractivity contribution in [2.75, 3.05) is 7.05 Å². The van der Waals surface area contributed by atoms with Gasteiger partial charge in [0.1, 0.15) is 0 Å². The number of aryl methyl sites for hydroxylation is 1. The Labute approximate surface area is 76.4 Å². The zero-order valence-electron chi connectivity index (χ0n) is 7.13. The molecule has 0 aromatic carbocycles. The molecule has 0 atom stereocenters. The number of nitrogens with zero attached hydrogens (tertiary/aromatic N) is 3. The summed E-state index contributed by atoms with van der Waals surface area (Å²) in [6.07, 6.45) is 0. The minimum atomic E-state index is 0.363. The lowest BCUT2D eigenvalue weighted by molar-refractivity contribution is 0.351. The zero-order valence-corrected chi connectivity index (χ0v) is 7.89. The van der Waals surface area contributed by atoms with Crippen molar-refractivity contribution in [1.29, 1.82) is 0 Å². The molecule has 2 heterocycles. The summed E-state index contributed by atoms with van der Waals surface area (Å²) in [5.41, 5.74) is 3.33. The van der Waals surface area contributed by atoms with E-state index >= 15 is 0 Å². The first kappa shape index (κ1) is 7.95. The second-order valence-corrected chi connectivity index (χ2v) is 3.51. The fraction of sp³-hybridized carbons (Fsp3) is 0.500. The maximum Gasteiger partial charge on any atom is 0.222 e. The average molecular weight is 184 g/mol. The van der Waals surface area contributed by atoms with Crippen LogP contribution in [0, 0.1) is 6.92 Å². The third-order valence-electron chi connectivity index (χ3n) is 2.12. The number of aromatic nitrogens is 2. The molecule has 1 aliphatic heterocycles. The Morgan fingerprint density at radius 3 is 2.83 bits per heavy atom. The van der Waals surface area contributed by atoms with E-state index in [1.807, 2.05) is 6.92 Å². The second kappa shape index (κ2) is 2.68. The highest BCUT2D eigenvalue weighted by Crippen LogP contribution is 2.22. The molecular formula is C8H10ClN3. The van der Waals surface area contributed by atoms with Crippen LogP contribution in [-0.2, 0) is 13.1 Å². The highest BCUT2D eigenvalue weighted by atomic mass is 35.5. The summed E-state index contributed by atoms with van der Waals surface area (Å²) in [5.74, 6) is 0. The van der Waals surface area contributed by atoms with Crippen molar-refractivity contribution in [2.24, 2.45) is 0 Å². The smallest absolute Gasteiger partial charge is 0.222 e. The van der Waals surface area contributed by atoms with Crippen molar-refractivity contribution in [2.45, 2.75) is 20.0 Å². The molecular weight excluding hydrogens is 174 g/mol. The predicted octanol–water partition coefficient (Wildman–Crippen LogP) is 1.38. The molecule has 0 saturated carbocycles. The van der Waals surface area contributed by atoms with E-state index < -0.39 is 0 Å². The minimum absolute atomic E-state index is 0.363. The summed E-state index contributed by atoms with van der Waals surface area (Å²) in [6, 6.07) is 0. The molecule has 0 unspecified atom stereocenters. The molecule has 0 fully saturated rings. The van der Waals surface area contributed by atoms with E-state index in [0.29, 0.717) is 5.28 Å². The van der Waals surface area contributed by atoms with Gasteiger partial charge in [0.15, 0.2) is 0 Å². The first-order valence-corrected chi connectivity index (χ1v) is 4.25. The minimum Gasteiger partial charge on any atom is -0.296 e. The van der Waals surface area contributed by atoms with Crippen LogP contribution >= 0.6 is 11.6 Å². The summed E-state index contributed by atoms with van der Waals surface area (Å²) >= 11 is 5.74. The van der Waals surface area contributed by atoms with E-state index in [9.17, 15) is 0 Å². The Balaban J connectivity index is 2.52. The van der Waals surface area contributed by atoms with Gasteiger partial charge in [0, 0.05) is 24.3 Å². The predicted molar refractivity (Wildman–Crippen MR) is 47.0 cm³/mol. The summed E-state index contributed by atoms with van der Waals surface area (Å²) in [7, 11) is 2.06. The molecule has 0 N–H and O–H groups in total. The molecule has 0 aliphatic carbocycles. The number of hydrogen-bond donors (Lipinski definition) is 0. The van der Waals surface area contributed by atoms with E-state index in [4.69, 9.17) is 11.6 Å². The largest absolute Gasteiger partial charge is 0.296 e. The lowest BCUT2D eigenvalue weighted by Crippen LogP contribution is -2.07. The van der Waals surface area contributed by atoms with Gasteiger partial charge in [-0.05, 0) is 25.6 Å². The highest BCUT2D eigenvalue weighted by molar-refractivity contribution is 6.28. The summed E-state index contributed by atoms with van der Waals surface area (Å²) < 4.78 is 0. The molecule has 0 spiro atoms. The van der Waals surface area contributed by atoms with Gasteiger partial charge in [0.25, 0.3) is 0 Å². The topological polar surface area (TPSA) is 29.0 Å². The lowest BCUT2D eigenvalue weighted by atomic mass is 10.2. The normalized spacial score (nSPS) is 16.6. The van der Waals surface area contributed by atoms with Crippen molar-refractivity contribution < 1.29 is 0 Å². The van der Waals surface area contributed by atoms with Crippen LogP contribution in [0.2, 0.25) is 5.28 Å². The zero-order chi connectivity index (χ0) is 8.72. The quantitative estimate of drug-likeness (QED) is 0.570. The van der Waals surface area contributed by atoms with E-state index in [1.165, 1.54) is 5.56 Å². The lowest BCUT2D eigenvalue weighted by Gasteiger charge is -2.02. The molecule has 4 heteroatoms. The molecule has 0 saturated heterocycles. The van der Waals surface area contributed by atoms with Crippen LogP contribution in [0.15, 0.2) is 0 Å². The van der Waals surface area contributed by atoms with Gasteiger partial charge in [0.2, 0.25) is 5.28 Å². The fourth-order valence-electron chi connectivity index (χ4n) is 1.54. The molecule has 0 amide bonds. The first-order chi connectivity index (χ1) is 5.66. The number of hydrogen-bond acceptors (Lipinski definition) is 3. The molecule has 64 valence electrons. The van der Waals surface area contributed by atoms with E-state index in [-0.39, 0.29) is 0 Å². The van der Waals surface area contributed by atoms with Crippen molar-refractivity contribution >= 4 is 11.6 Å². The monoisotopic (exact) mass is 183 g/mol. The Kier molecular flexibility index (Phi) is 1.77. The SMILES string of the molecule is Cc1nc(Cl)nc2c1CN(C)C2.